The zero-order valence-electron chi connectivity index (χ0n) is 21.6. The van der Waals surface area contributed by atoms with Gasteiger partial charge in [0.15, 0.2) is 11.5 Å². The van der Waals surface area contributed by atoms with Crippen molar-refractivity contribution in [3.05, 3.63) is 70.9 Å². The fourth-order valence-corrected chi connectivity index (χ4v) is 6.16. The van der Waals surface area contributed by atoms with E-state index in [0.717, 1.165) is 42.5 Å². The number of carbonyl (C=O) groups excluding carboxylic acids is 2. The number of aliphatic imine (C=N–C) groups is 1. The molecular formula is C31H35NO5. The highest BCUT2D eigenvalue weighted by molar-refractivity contribution is 6.12. The quantitative estimate of drug-likeness (QED) is 0.474. The molecule has 0 saturated heterocycles. The van der Waals surface area contributed by atoms with Crippen molar-refractivity contribution in [1.82, 2.24) is 0 Å². The van der Waals surface area contributed by atoms with Gasteiger partial charge in [0.1, 0.15) is 11.9 Å². The summed E-state index contributed by atoms with van der Waals surface area (Å²) in [7, 11) is 0. The smallest absolute Gasteiger partial charge is 0.336 e. The Labute approximate surface area is 218 Å². The van der Waals surface area contributed by atoms with Gasteiger partial charge < -0.3 is 14.6 Å². The zero-order chi connectivity index (χ0) is 25.9. The number of allylic oxidation sites excluding steroid dienone is 1. The standard InChI is InChI=1S/C31H35NO5/c1-3-36-27-18-21(14-15-25(27)33)29-28(31(35)37-23-12-8-5-9-13-23)19(2)32-24-16-22(17-26(34)30(24)29)20-10-6-4-7-11-20/h4,6-7,10-11,14-15,18,22-23,29-30,33H,3,5,8-9,12-13,16-17H2,1-2H3/t22-,29+,30?/m1/s1. The van der Waals surface area contributed by atoms with E-state index in [1.807, 2.05) is 32.0 Å². The maximum atomic E-state index is 13.8. The molecule has 2 fully saturated rings. The fraction of sp³-hybridized carbons (Fsp3) is 0.452. The third-order valence-corrected chi connectivity index (χ3v) is 7.91. The molecule has 1 unspecified atom stereocenters. The number of nitrogens with zero attached hydrogens (tertiary/aromatic N) is 1. The summed E-state index contributed by atoms with van der Waals surface area (Å²) in [6, 6.07) is 15.2. The van der Waals surface area contributed by atoms with E-state index in [4.69, 9.17) is 14.5 Å². The van der Waals surface area contributed by atoms with Crippen LogP contribution in [0, 0.1) is 5.92 Å². The molecule has 6 nitrogen and oxygen atoms in total. The summed E-state index contributed by atoms with van der Waals surface area (Å²) < 4.78 is 11.7. The number of phenols is 1. The van der Waals surface area contributed by atoms with E-state index < -0.39 is 11.8 Å². The summed E-state index contributed by atoms with van der Waals surface area (Å²) in [4.78, 5) is 32.3. The van der Waals surface area contributed by atoms with Gasteiger partial charge in [-0.15, -0.1) is 0 Å². The van der Waals surface area contributed by atoms with Crippen molar-refractivity contribution in [1.29, 1.82) is 0 Å². The summed E-state index contributed by atoms with van der Waals surface area (Å²) in [6.45, 7) is 4.08. The second kappa shape index (κ2) is 10.9. The average molecular weight is 502 g/mol. The second-order valence-electron chi connectivity index (χ2n) is 10.4. The first kappa shape index (κ1) is 25.2. The number of carbonyl (C=O) groups is 2. The van der Waals surface area contributed by atoms with Crippen LogP contribution in [0.1, 0.15) is 81.8 Å². The van der Waals surface area contributed by atoms with Gasteiger partial charge in [0.25, 0.3) is 0 Å². The molecule has 1 N–H and O–H groups in total. The Morgan fingerprint density at radius 2 is 1.76 bits per heavy atom. The molecular weight excluding hydrogens is 466 g/mol. The van der Waals surface area contributed by atoms with Crippen LogP contribution in [-0.2, 0) is 14.3 Å². The second-order valence-corrected chi connectivity index (χ2v) is 10.4. The van der Waals surface area contributed by atoms with Gasteiger partial charge >= 0.3 is 5.97 Å². The first-order valence-corrected chi connectivity index (χ1v) is 13.5. The number of hydrogen-bond acceptors (Lipinski definition) is 6. The van der Waals surface area contributed by atoms with Crippen molar-refractivity contribution >= 4 is 17.5 Å². The SMILES string of the molecule is CCOc1cc([C@H]2C(C(=O)OC3CCCCC3)=C(C)N=C3C[C@@H](c4ccccc4)CC(=O)C32)ccc1O. The lowest BCUT2D eigenvalue weighted by molar-refractivity contribution is -0.146. The zero-order valence-corrected chi connectivity index (χ0v) is 21.6. The molecule has 194 valence electrons. The average Bonchev–Trinajstić information content (AvgIpc) is 2.90. The van der Waals surface area contributed by atoms with Crippen molar-refractivity contribution < 1.29 is 24.2 Å². The number of ether oxygens (including phenoxy) is 2. The molecule has 0 radical (unpaired) electrons. The third kappa shape index (κ3) is 5.20. The first-order valence-electron chi connectivity index (χ1n) is 13.5. The number of Topliss-reactive ketones (excluding diaryl/α,β-unsaturated/α-hetero) is 1. The minimum Gasteiger partial charge on any atom is -0.504 e. The number of fused-ring (bicyclic) bond motifs is 1. The molecule has 0 amide bonds. The first-order chi connectivity index (χ1) is 18.0. The molecule has 5 rings (SSSR count). The van der Waals surface area contributed by atoms with Gasteiger partial charge in [-0.05, 0) is 75.1 Å². The van der Waals surface area contributed by atoms with E-state index in [2.05, 4.69) is 12.1 Å². The summed E-state index contributed by atoms with van der Waals surface area (Å²) in [5.74, 6) is -0.962. The summed E-state index contributed by atoms with van der Waals surface area (Å²) in [5, 5.41) is 10.3. The van der Waals surface area contributed by atoms with Gasteiger partial charge in [-0.25, -0.2) is 4.79 Å². The van der Waals surface area contributed by atoms with Gasteiger partial charge in [-0.1, -0.05) is 42.8 Å². The van der Waals surface area contributed by atoms with E-state index >= 15 is 0 Å². The van der Waals surface area contributed by atoms with Gasteiger partial charge in [0.2, 0.25) is 0 Å². The van der Waals surface area contributed by atoms with Gasteiger partial charge in [0.05, 0.1) is 18.1 Å². The van der Waals surface area contributed by atoms with E-state index in [-0.39, 0.29) is 29.5 Å². The predicted molar refractivity (Wildman–Crippen MR) is 142 cm³/mol. The fourth-order valence-electron chi connectivity index (χ4n) is 6.16. The highest BCUT2D eigenvalue weighted by Crippen LogP contribution is 2.47. The predicted octanol–water partition coefficient (Wildman–Crippen LogP) is 6.24. The Morgan fingerprint density at radius 1 is 1.00 bits per heavy atom. The normalized spacial score (nSPS) is 24.3. The van der Waals surface area contributed by atoms with Crippen LogP contribution in [0.3, 0.4) is 0 Å². The Kier molecular flexibility index (Phi) is 7.45. The number of esters is 1. The number of hydrogen-bond donors (Lipinski definition) is 1. The van der Waals surface area contributed by atoms with Crippen LogP contribution in [0.5, 0.6) is 11.5 Å². The highest BCUT2D eigenvalue weighted by Gasteiger charge is 2.46. The number of ketones is 1. The van der Waals surface area contributed by atoms with E-state index in [0.29, 0.717) is 36.5 Å². The monoisotopic (exact) mass is 501 g/mol. The Balaban J connectivity index is 1.56. The molecule has 0 bridgehead atoms. The van der Waals surface area contributed by atoms with Crippen molar-refractivity contribution in [3.63, 3.8) is 0 Å². The Bertz CT molecular complexity index is 1230. The number of phenolic OH excluding ortho intramolecular Hbond substituents is 1. The minimum absolute atomic E-state index is 0.0291. The molecule has 3 atom stereocenters. The molecule has 37 heavy (non-hydrogen) atoms. The number of rotatable bonds is 6. The molecule has 2 aliphatic carbocycles. The van der Waals surface area contributed by atoms with Gasteiger partial charge in [-0.2, -0.15) is 0 Å². The van der Waals surface area contributed by atoms with E-state index in [9.17, 15) is 14.7 Å². The van der Waals surface area contributed by atoms with Crippen LogP contribution in [0.25, 0.3) is 0 Å². The molecule has 2 aromatic rings. The number of aromatic hydroxyl groups is 1. The lowest BCUT2D eigenvalue weighted by Crippen LogP contribution is -2.41. The van der Waals surface area contributed by atoms with Crippen LogP contribution in [0.2, 0.25) is 0 Å². The minimum atomic E-state index is -0.545. The van der Waals surface area contributed by atoms with Gasteiger partial charge in [0, 0.05) is 23.7 Å². The van der Waals surface area contributed by atoms with Crippen LogP contribution < -0.4 is 4.74 Å². The molecule has 1 aliphatic heterocycles. The Hall–Kier alpha value is -3.41. The van der Waals surface area contributed by atoms with Crippen molar-refractivity contribution in [2.75, 3.05) is 6.61 Å². The largest absolute Gasteiger partial charge is 0.504 e. The van der Waals surface area contributed by atoms with Crippen molar-refractivity contribution in [3.8, 4) is 11.5 Å². The summed E-state index contributed by atoms with van der Waals surface area (Å²) >= 11 is 0. The maximum Gasteiger partial charge on any atom is 0.336 e. The lowest BCUT2D eigenvalue weighted by atomic mass is 9.66. The molecule has 1 heterocycles. The Morgan fingerprint density at radius 3 is 2.49 bits per heavy atom. The van der Waals surface area contributed by atoms with Crippen molar-refractivity contribution in [2.24, 2.45) is 10.9 Å². The maximum absolute atomic E-state index is 13.8. The third-order valence-electron chi connectivity index (χ3n) is 7.91. The van der Waals surface area contributed by atoms with Crippen LogP contribution >= 0.6 is 0 Å². The van der Waals surface area contributed by atoms with Crippen LogP contribution in [0.15, 0.2) is 64.8 Å². The summed E-state index contributed by atoms with van der Waals surface area (Å²) in [6.07, 6.45) is 5.96. The van der Waals surface area contributed by atoms with Gasteiger partial charge in [-0.3, -0.25) is 9.79 Å². The molecule has 3 aliphatic rings. The summed E-state index contributed by atoms with van der Waals surface area (Å²) in [5.41, 5.74) is 3.73. The van der Waals surface area contributed by atoms with Crippen molar-refractivity contribution in [2.45, 2.75) is 76.7 Å². The molecule has 2 saturated carbocycles. The molecule has 2 aromatic carbocycles. The molecule has 0 spiro atoms. The highest BCUT2D eigenvalue weighted by atomic mass is 16.5. The number of benzene rings is 2. The molecule has 0 aromatic heterocycles. The van der Waals surface area contributed by atoms with Crippen LogP contribution in [-0.4, -0.2) is 35.3 Å². The topological polar surface area (TPSA) is 85.2 Å². The van der Waals surface area contributed by atoms with E-state index in [1.54, 1.807) is 18.2 Å². The van der Waals surface area contributed by atoms with Crippen LogP contribution in [0.4, 0.5) is 0 Å². The molecule has 6 heteroatoms. The lowest BCUT2D eigenvalue weighted by Gasteiger charge is -2.38. The van der Waals surface area contributed by atoms with E-state index in [1.165, 1.54) is 6.42 Å².